The number of carbonyl (C=O) groups excluding carboxylic acids is 3. The monoisotopic (exact) mass is 772 g/mol. The minimum Gasteiger partial charge on any atom is -0.465 e. The van der Waals surface area contributed by atoms with Crippen LogP contribution in [0.5, 0.6) is 0 Å². The summed E-state index contributed by atoms with van der Waals surface area (Å²) in [6.45, 7) is 7.51. The summed E-state index contributed by atoms with van der Waals surface area (Å²) < 4.78 is 4.78. The molecule has 14 nitrogen and oxygen atoms in total. The molecule has 57 heavy (non-hydrogen) atoms. The molecule has 0 unspecified atom stereocenters. The highest BCUT2D eigenvalue weighted by Gasteiger charge is 2.57. The van der Waals surface area contributed by atoms with Gasteiger partial charge >= 0.3 is 12.2 Å². The van der Waals surface area contributed by atoms with Crippen molar-refractivity contribution in [3.63, 3.8) is 0 Å². The second kappa shape index (κ2) is 15.1. The Morgan fingerprint density at radius 3 is 1.51 bits per heavy atom. The summed E-state index contributed by atoms with van der Waals surface area (Å²) in [4.78, 5) is 70.7. The van der Waals surface area contributed by atoms with Crippen LogP contribution in [0.4, 0.5) is 9.59 Å². The number of hydrogen-bond donors (Lipinski definition) is 5. The minimum absolute atomic E-state index is 0.102. The minimum atomic E-state index is -1.20. The number of carbonyl (C=O) groups is 4. The van der Waals surface area contributed by atoms with Crippen molar-refractivity contribution in [1.29, 1.82) is 0 Å². The molecule has 2 saturated heterocycles. The van der Waals surface area contributed by atoms with Crippen LogP contribution in [-0.4, -0.2) is 90.1 Å². The van der Waals surface area contributed by atoms with Gasteiger partial charge in [-0.2, -0.15) is 0 Å². The third kappa shape index (κ3) is 7.58. The van der Waals surface area contributed by atoms with Gasteiger partial charge in [0.05, 0.1) is 43.0 Å². The number of alkyl carbamates (subject to hydrolysis) is 1. The van der Waals surface area contributed by atoms with Crippen LogP contribution in [0.15, 0.2) is 60.9 Å². The number of H-pyrrole nitrogens is 2. The Morgan fingerprint density at radius 2 is 1.12 bits per heavy atom. The smallest absolute Gasteiger partial charge is 0.407 e. The van der Waals surface area contributed by atoms with Crippen LogP contribution in [0.3, 0.4) is 0 Å². The van der Waals surface area contributed by atoms with E-state index in [1.54, 1.807) is 12.4 Å². The molecule has 4 amide bonds. The molecule has 2 saturated carbocycles. The van der Waals surface area contributed by atoms with Crippen molar-refractivity contribution >= 4 is 24.0 Å². The van der Waals surface area contributed by atoms with Crippen LogP contribution >= 0.6 is 0 Å². The second-order valence-corrected chi connectivity index (χ2v) is 16.4. The molecule has 0 spiro atoms. The van der Waals surface area contributed by atoms with Crippen LogP contribution in [-0.2, 0) is 14.3 Å². The van der Waals surface area contributed by atoms with Gasteiger partial charge in [0.15, 0.2) is 0 Å². The maximum absolute atomic E-state index is 13.7. The quantitative estimate of drug-likeness (QED) is 0.124. The first kappa shape index (κ1) is 37.8. The van der Waals surface area contributed by atoms with Crippen molar-refractivity contribution in [1.82, 2.24) is 40.4 Å². The number of carboxylic acid groups (broad SMARTS) is 1. The largest absolute Gasteiger partial charge is 0.465 e. The highest BCUT2D eigenvalue weighted by Crippen LogP contribution is 2.54. The Balaban J connectivity index is 0.905. The predicted molar refractivity (Wildman–Crippen MR) is 210 cm³/mol. The van der Waals surface area contributed by atoms with Crippen molar-refractivity contribution < 1.29 is 29.0 Å². The number of nitrogens with one attached hydrogen (secondary N) is 4. The summed E-state index contributed by atoms with van der Waals surface area (Å²) in [7, 11) is 1.29. The number of imidazole rings is 2. The molecule has 8 rings (SSSR count). The van der Waals surface area contributed by atoms with Crippen molar-refractivity contribution in [3.05, 3.63) is 83.7 Å². The Kier molecular flexibility index (Phi) is 10.0. The summed E-state index contributed by atoms with van der Waals surface area (Å²) in [6, 6.07) is 14.2. The molecular formula is C43H48N8O6. The van der Waals surface area contributed by atoms with Crippen LogP contribution in [0.25, 0.3) is 22.5 Å². The molecule has 0 bridgehead atoms. The Labute approximate surface area is 331 Å². The highest BCUT2D eigenvalue weighted by molar-refractivity contribution is 5.88. The van der Waals surface area contributed by atoms with E-state index in [2.05, 4.69) is 37.4 Å². The van der Waals surface area contributed by atoms with Crippen LogP contribution in [0.2, 0.25) is 0 Å². The fourth-order valence-corrected chi connectivity index (χ4v) is 8.62. The van der Waals surface area contributed by atoms with Crippen LogP contribution in [0, 0.1) is 35.5 Å². The van der Waals surface area contributed by atoms with Gasteiger partial charge in [-0.15, -0.1) is 0 Å². The number of fused-ring (bicyclic) bond motifs is 2. The van der Waals surface area contributed by atoms with E-state index >= 15 is 0 Å². The van der Waals surface area contributed by atoms with Crippen molar-refractivity contribution in [2.45, 2.75) is 89.6 Å². The van der Waals surface area contributed by atoms with Gasteiger partial charge in [0.1, 0.15) is 23.7 Å². The fraction of sp³-hybridized carbons (Fsp3) is 0.442. The molecule has 2 aromatic heterocycles. The van der Waals surface area contributed by atoms with Gasteiger partial charge in [0, 0.05) is 23.2 Å². The van der Waals surface area contributed by atoms with E-state index in [4.69, 9.17) is 9.72 Å². The molecule has 2 aliphatic heterocycles. The average Bonchev–Trinajstić information content (AvgIpc) is 3.78. The molecule has 296 valence electrons. The number of ether oxygens (including phenoxy) is 1. The normalized spacial score (nSPS) is 23.9. The van der Waals surface area contributed by atoms with Gasteiger partial charge in [0.2, 0.25) is 11.8 Å². The van der Waals surface area contributed by atoms with E-state index < -0.39 is 24.3 Å². The third-order valence-electron chi connectivity index (χ3n) is 11.9. The van der Waals surface area contributed by atoms with E-state index in [1.165, 1.54) is 7.11 Å². The predicted octanol–water partition coefficient (Wildman–Crippen LogP) is 5.86. The summed E-state index contributed by atoms with van der Waals surface area (Å²) >= 11 is 0. The van der Waals surface area contributed by atoms with Crippen LogP contribution < -0.4 is 10.6 Å². The SMILES string of the molecule is COC(=O)N[C@H](C(=O)N1[C@H](c2ncc(-c3ccc(C#Cc4ccc(-c5cnc([C@@H]6C[C@@H]7C[C@@H]7N6C(=O)[C@@H](NC(=O)O)C(C)C)[nH]5)cc4)cc3)[nH]2)C[C@@H]2C[C@@H]21)C(C)C. The zero-order chi connectivity index (χ0) is 40.1. The standard InChI is InChI=1S/C43H48N8O6/c1-22(2)36(48-42(54)55)40(52)50-32-16-28(32)18-34(50)38-44-20-30(46-38)26-12-8-24(9-13-26)6-7-25-10-14-27(15-11-25)31-21-45-39(47-31)35-19-29-17-33(29)51(35)41(53)37(23(3)4)49-43(56)57-5/h8-15,20-23,28-29,32-37,48H,16-19H2,1-5H3,(H,44,46)(H,45,47)(H,49,56)(H,54,55)/t28-,29-,32-,33-,34-,35-,36-,37-/m0/s1. The zero-order valence-corrected chi connectivity index (χ0v) is 32.7. The number of nitrogens with zero attached hydrogens (tertiary/aromatic N) is 4. The lowest BCUT2D eigenvalue weighted by atomic mass is 10.0. The molecule has 2 aromatic carbocycles. The maximum atomic E-state index is 13.7. The molecule has 4 heterocycles. The van der Waals surface area contributed by atoms with E-state index in [0.29, 0.717) is 17.7 Å². The van der Waals surface area contributed by atoms with Crippen molar-refractivity contribution in [2.24, 2.45) is 23.7 Å². The van der Waals surface area contributed by atoms with E-state index in [9.17, 15) is 24.3 Å². The molecule has 4 fully saturated rings. The molecule has 2 aliphatic carbocycles. The van der Waals surface area contributed by atoms with Crippen molar-refractivity contribution in [2.75, 3.05) is 7.11 Å². The molecular weight excluding hydrogens is 725 g/mol. The second-order valence-electron chi connectivity index (χ2n) is 16.4. The van der Waals surface area contributed by atoms with E-state index in [-0.39, 0.29) is 47.8 Å². The molecule has 5 N–H and O–H groups in total. The lowest BCUT2D eigenvalue weighted by Crippen LogP contribution is -2.52. The topological polar surface area (TPSA) is 186 Å². The van der Waals surface area contributed by atoms with E-state index in [0.717, 1.165) is 65.1 Å². The molecule has 0 radical (unpaired) electrons. The zero-order valence-electron chi connectivity index (χ0n) is 32.7. The molecule has 4 aliphatic rings. The Morgan fingerprint density at radius 1 is 0.702 bits per heavy atom. The van der Waals surface area contributed by atoms with Gasteiger partial charge in [-0.1, -0.05) is 63.8 Å². The number of aromatic nitrogens is 4. The Bertz CT molecular complexity index is 2230. The number of rotatable bonds is 10. The fourth-order valence-electron chi connectivity index (χ4n) is 8.62. The third-order valence-corrected chi connectivity index (χ3v) is 11.9. The maximum Gasteiger partial charge on any atom is 0.407 e. The van der Waals surface area contributed by atoms with Gasteiger partial charge in [-0.3, -0.25) is 9.59 Å². The first-order valence-corrected chi connectivity index (χ1v) is 19.7. The number of benzene rings is 2. The van der Waals surface area contributed by atoms with Crippen molar-refractivity contribution in [3.8, 4) is 34.4 Å². The first-order chi connectivity index (χ1) is 27.4. The Hall–Kier alpha value is -6.10. The summed E-state index contributed by atoms with van der Waals surface area (Å²) in [5, 5.41) is 14.5. The summed E-state index contributed by atoms with van der Waals surface area (Å²) in [5.41, 5.74) is 5.29. The van der Waals surface area contributed by atoms with Gasteiger partial charge < -0.3 is 40.2 Å². The van der Waals surface area contributed by atoms with E-state index in [1.807, 2.05) is 86.0 Å². The molecule has 4 aromatic rings. The summed E-state index contributed by atoms with van der Waals surface area (Å²) in [6.07, 6.45) is 5.31. The summed E-state index contributed by atoms with van der Waals surface area (Å²) in [5.74, 6) is 8.21. The first-order valence-electron chi connectivity index (χ1n) is 19.7. The van der Waals surface area contributed by atoms with Gasteiger partial charge in [0.25, 0.3) is 0 Å². The average molecular weight is 773 g/mol. The lowest BCUT2D eigenvalue weighted by Gasteiger charge is -2.31. The highest BCUT2D eigenvalue weighted by atomic mass is 16.5. The number of likely N-dealkylation sites (tertiary alicyclic amines) is 2. The van der Waals surface area contributed by atoms with Crippen LogP contribution in [0.1, 0.15) is 88.2 Å². The molecule has 14 heteroatoms. The van der Waals surface area contributed by atoms with Gasteiger partial charge in [-0.05, 0) is 84.7 Å². The number of amides is 4. The number of hydrogen-bond acceptors (Lipinski definition) is 7. The number of aromatic amines is 2. The lowest BCUT2D eigenvalue weighted by molar-refractivity contribution is -0.137. The number of piperidine rings is 2. The number of methoxy groups -OCH3 is 1. The van der Waals surface area contributed by atoms with Gasteiger partial charge in [-0.25, -0.2) is 19.6 Å². The molecule has 8 atom stereocenters.